The van der Waals surface area contributed by atoms with Gasteiger partial charge in [0.15, 0.2) is 0 Å². The maximum atomic E-state index is 12.5. The fourth-order valence-electron chi connectivity index (χ4n) is 2.73. The van der Waals surface area contributed by atoms with Crippen LogP contribution in [0.2, 0.25) is 0 Å². The molecule has 2 amide bonds. The van der Waals surface area contributed by atoms with Gasteiger partial charge in [-0.3, -0.25) is 4.79 Å². The molecule has 1 aliphatic heterocycles. The van der Waals surface area contributed by atoms with Gasteiger partial charge in [-0.25, -0.2) is 9.48 Å². The van der Waals surface area contributed by atoms with Crippen molar-refractivity contribution >= 4 is 23.0 Å². The van der Waals surface area contributed by atoms with Gasteiger partial charge < -0.3 is 14.5 Å². The number of fused-ring (bicyclic) bond motifs is 1. The number of piperazine rings is 1. The van der Waals surface area contributed by atoms with Gasteiger partial charge in [-0.05, 0) is 32.9 Å². The molecule has 0 radical (unpaired) electrons. The van der Waals surface area contributed by atoms with Crippen molar-refractivity contribution in [1.29, 1.82) is 0 Å². The summed E-state index contributed by atoms with van der Waals surface area (Å²) in [5, 5.41) is 8.11. The van der Waals surface area contributed by atoms with E-state index < -0.39 is 5.60 Å². The van der Waals surface area contributed by atoms with E-state index in [1.807, 2.05) is 45.0 Å². The largest absolute Gasteiger partial charge is 0.444 e. The lowest BCUT2D eigenvalue weighted by Crippen LogP contribution is -2.52. The number of benzene rings is 1. The summed E-state index contributed by atoms with van der Waals surface area (Å²) in [6, 6.07) is 7.54. The first kappa shape index (κ1) is 17.2. The maximum absolute atomic E-state index is 12.5. The Morgan fingerprint density at radius 1 is 1.08 bits per heavy atom. The van der Waals surface area contributed by atoms with E-state index in [0.717, 1.165) is 11.0 Å². The summed E-state index contributed by atoms with van der Waals surface area (Å²) in [5.74, 6) is -0.0282. The van der Waals surface area contributed by atoms with Crippen molar-refractivity contribution in [2.45, 2.75) is 32.9 Å². The summed E-state index contributed by atoms with van der Waals surface area (Å²) in [6.07, 6.45) is -0.332. The highest BCUT2D eigenvalue weighted by Crippen LogP contribution is 2.13. The molecule has 1 aromatic heterocycles. The van der Waals surface area contributed by atoms with E-state index in [1.165, 1.54) is 0 Å². The van der Waals surface area contributed by atoms with Gasteiger partial charge in [0.2, 0.25) is 5.91 Å². The monoisotopic (exact) mass is 345 g/mol. The SMILES string of the molecule is CC(C)(C)OC(=O)N1CCN(C(=O)Cn2nnc3ccccc32)CC1. The molecule has 0 N–H and O–H groups in total. The molecular weight excluding hydrogens is 322 g/mol. The molecule has 8 nitrogen and oxygen atoms in total. The Kier molecular flexibility index (Phi) is 4.61. The number of amides is 2. The summed E-state index contributed by atoms with van der Waals surface area (Å²) in [4.78, 5) is 28.0. The van der Waals surface area contributed by atoms with Crippen LogP contribution in [0.4, 0.5) is 4.79 Å². The van der Waals surface area contributed by atoms with Gasteiger partial charge in [0, 0.05) is 26.2 Å². The van der Waals surface area contributed by atoms with Crippen molar-refractivity contribution in [1.82, 2.24) is 24.8 Å². The van der Waals surface area contributed by atoms with Crippen molar-refractivity contribution in [3.63, 3.8) is 0 Å². The number of aromatic nitrogens is 3. The zero-order chi connectivity index (χ0) is 18.0. The van der Waals surface area contributed by atoms with Crippen molar-refractivity contribution in [3.8, 4) is 0 Å². The molecule has 0 bridgehead atoms. The second-order valence-electron chi connectivity index (χ2n) is 7.08. The van der Waals surface area contributed by atoms with E-state index in [1.54, 1.807) is 14.5 Å². The molecule has 3 rings (SSSR count). The van der Waals surface area contributed by atoms with Crippen LogP contribution >= 0.6 is 0 Å². The number of para-hydroxylation sites is 1. The average molecular weight is 345 g/mol. The normalized spacial score (nSPS) is 15.5. The molecule has 0 spiro atoms. The second kappa shape index (κ2) is 6.70. The molecule has 2 heterocycles. The summed E-state index contributed by atoms with van der Waals surface area (Å²) < 4.78 is 6.98. The Labute approximate surface area is 146 Å². The molecule has 25 heavy (non-hydrogen) atoms. The van der Waals surface area contributed by atoms with E-state index >= 15 is 0 Å². The van der Waals surface area contributed by atoms with Crippen LogP contribution in [0.3, 0.4) is 0 Å². The lowest BCUT2D eigenvalue weighted by atomic mass is 10.2. The average Bonchev–Trinajstić information content (AvgIpc) is 2.96. The molecule has 1 saturated heterocycles. The van der Waals surface area contributed by atoms with Crippen LogP contribution in [0.25, 0.3) is 11.0 Å². The highest BCUT2D eigenvalue weighted by atomic mass is 16.6. The molecule has 1 aromatic carbocycles. The Bertz CT molecular complexity index is 772. The molecule has 0 atom stereocenters. The summed E-state index contributed by atoms with van der Waals surface area (Å²) in [5.41, 5.74) is 1.09. The fourth-order valence-corrected chi connectivity index (χ4v) is 2.73. The van der Waals surface area contributed by atoms with Crippen molar-refractivity contribution in [2.75, 3.05) is 26.2 Å². The third-order valence-electron chi connectivity index (χ3n) is 3.99. The number of hydrogen-bond acceptors (Lipinski definition) is 5. The Morgan fingerprint density at radius 2 is 1.72 bits per heavy atom. The minimum absolute atomic E-state index is 0.0282. The molecule has 0 saturated carbocycles. The second-order valence-corrected chi connectivity index (χ2v) is 7.08. The van der Waals surface area contributed by atoms with E-state index in [2.05, 4.69) is 10.3 Å². The van der Waals surface area contributed by atoms with Crippen LogP contribution in [0, 0.1) is 0 Å². The van der Waals surface area contributed by atoms with Crippen LogP contribution < -0.4 is 0 Å². The number of carbonyl (C=O) groups excluding carboxylic acids is 2. The van der Waals surface area contributed by atoms with Crippen LogP contribution in [0.15, 0.2) is 24.3 Å². The van der Waals surface area contributed by atoms with Crippen molar-refractivity contribution in [3.05, 3.63) is 24.3 Å². The highest BCUT2D eigenvalue weighted by Gasteiger charge is 2.27. The third kappa shape index (κ3) is 4.07. The predicted octanol–water partition coefficient (Wildman–Crippen LogP) is 1.51. The summed E-state index contributed by atoms with van der Waals surface area (Å²) in [6.45, 7) is 7.59. The lowest BCUT2D eigenvalue weighted by Gasteiger charge is -2.35. The van der Waals surface area contributed by atoms with Gasteiger partial charge >= 0.3 is 6.09 Å². The van der Waals surface area contributed by atoms with E-state index in [4.69, 9.17) is 4.74 Å². The van der Waals surface area contributed by atoms with Crippen molar-refractivity contribution in [2.24, 2.45) is 0 Å². The molecule has 2 aromatic rings. The number of rotatable bonds is 2. The van der Waals surface area contributed by atoms with Crippen LogP contribution in [-0.4, -0.2) is 68.6 Å². The van der Waals surface area contributed by atoms with Crippen molar-refractivity contribution < 1.29 is 14.3 Å². The first-order chi connectivity index (χ1) is 11.8. The molecular formula is C17H23N5O3. The van der Waals surface area contributed by atoms with Crippen LogP contribution in [0.5, 0.6) is 0 Å². The van der Waals surface area contributed by atoms with E-state index in [-0.39, 0.29) is 18.5 Å². The molecule has 0 aliphatic carbocycles. The molecule has 8 heteroatoms. The smallest absolute Gasteiger partial charge is 0.410 e. The molecule has 0 unspecified atom stereocenters. The maximum Gasteiger partial charge on any atom is 0.410 e. The zero-order valence-corrected chi connectivity index (χ0v) is 14.8. The predicted molar refractivity (Wildman–Crippen MR) is 91.9 cm³/mol. The number of ether oxygens (including phenoxy) is 1. The summed E-state index contributed by atoms with van der Waals surface area (Å²) >= 11 is 0. The van der Waals surface area contributed by atoms with E-state index in [9.17, 15) is 9.59 Å². The molecule has 134 valence electrons. The fraction of sp³-hybridized carbons (Fsp3) is 0.529. The Morgan fingerprint density at radius 3 is 2.40 bits per heavy atom. The number of carbonyl (C=O) groups is 2. The standard InChI is InChI=1S/C17H23N5O3/c1-17(2,3)25-16(24)21-10-8-20(9-11-21)15(23)12-22-14-7-5-4-6-13(14)18-19-22/h4-7H,8-12H2,1-3H3. The van der Waals surface area contributed by atoms with Gasteiger partial charge in [0.1, 0.15) is 17.7 Å². The molecule has 1 fully saturated rings. The number of hydrogen-bond donors (Lipinski definition) is 0. The highest BCUT2D eigenvalue weighted by molar-refractivity contribution is 5.80. The Hall–Kier alpha value is -2.64. The quantitative estimate of drug-likeness (QED) is 0.824. The van der Waals surface area contributed by atoms with Gasteiger partial charge in [-0.1, -0.05) is 17.3 Å². The molecule has 1 aliphatic rings. The Balaban J connectivity index is 1.56. The van der Waals surface area contributed by atoms with Crippen LogP contribution in [0.1, 0.15) is 20.8 Å². The van der Waals surface area contributed by atoms with Gasteiger partial charge in [0.05, 0.1) is 5.52 Å². The topological polar surface area (TPSA) is 80.6 Å². The number of nitrogens with zero attached hydrogens (tertiary/aromatic N) is 5. The van der Waals surface area contributed by atoms with Gasteiger partial charge in [-0.2, -0.15) is 0 Å². The van der Waals surface area contributed by atoms with Crippen LogP contribution in [-0.2, 0) is 16.1 Å². The van der Waals surface area contributed by atoms with Gasteiger partial charge in [-0.15, -0.1) is 5.10 Å². The zero-order valence-electron chi connectivity index (χ0n) is 14.8. The van der Waals surface area contributed by atoms with Gasteiger partial charge in [0.25, 0.3) is 0 Å². The minimum atomic E-state index is -0.516. The van der Waals surface area contributed by atoms with E-state index in [0.29, 0.717) is 26.2 Å². The minimum Gasteiger partial charge on any atom is -0.444 e. The first-order valence-electron chi connectivity index (χ1n) is 8.37. The lowest BCUT2D eigenvalue weighted by molar-refractivity contribution is -0.133. The third-order valence-corrected chi connectivity index (χ3v) is 3.99. The summed E-state index contributed by atoms with van der Waals surface area (Å²) in [7, 11) is 0. The first-order valence-corrected chi connectivity index (χ1v) is 8.37.